The van der Waals surface area contributed by atoms with E-state index in [0.717, 1.165) is 29.5 Å². The second-order valence-corrected chi connectivity index (χ2v) is 7.58. The zero-order valence-electron chi connectivity index (χ0n) is 15.6. The first-order valence-corrected chi connectivity index (χ1v) is 9.72. The van der Waals surface area contributed by atoms with Gasteiger partial charge in [-0.1, -0.05) is 36.0 Å². The maximum absolute atomic E-state index is 12.8. The molecule has 2 N–H and O–H groups in total. The number of benzene rings is 2. The first-order valence-electron chi connectivity index (χ1n) is 8.84. The summed E-state index contributed by atoms with van der Waals surface area (Å²) < 4.78 is 12.0. The highest BCUT2D eigenvalue weighted by Crippen LogP contribution is 2.35. The topological polar surface area (TPSA) is 92.3 Å². The third kappa shape index (κ3) is 3.20. The molecule has 28 heavy (non-hydrogen) atoms. The number of hydrogen-bond acceptors (Lipinski definition) is 7. The Bertz CT molecular complexity index is 1030. The van der Waals surface area contributed by atoms with Gasteiger partial charge < -0.3 is 15.3 Å². The van der Waals surface area contributed by atoms with Crippen molar-refractivity contribution in [1.82, 2.24) is 14.9 Å². The highest BCUT2D eigenvalue weighted by Gasteiger charge is 2.29. The minimum atomic E-state index is -0.223. The van der Waals surface area contributed by atoms with Crippen molar-refractivity contribution in [1.29, 1.82) is 0 Å². The van der Waals surface area contributed by atoms with Crippen LogP contribution in [-0.4, -0.2) is 40.1 Å². The predicted octanol–water partition coefficient (Wildman–Crippen LogP) is 2.97. The van der Waals surface area contributed by atoms with Crippen LogP contribution in [0.4, 0.5) is 0 Å². The zero-order valence-corrected chi connectivity index (χ0v) is 16.4. The number of hydrogen-bond donors (Lipinski definition) is 1. The lowest BCUT2D eigenvalue weighted by molar-refractivity contribution is 0.0979. The summed E-state index contributed by atoms with van der Waals surface area (Å²) in [6, 6.07) is 13.2. The molecule has 144 valence electrons. The first-order chi connectivity index (χ1) is 13.6. The number of thioether (sulfide) groups is 1. The number of carbonyl (C=O) groups is 1. The quantitative estimate of drug-likeness (QED) is 0.663. The zero-order chi connectivity index (χ0) is 19.7. The summed E-state index contributed by atoms with van der Waals surface area (Å²) in [5.41, 5.74) is 2.64. The van der Waals surface area contributed by atoms with Gasteiger partial charge in [-0.3, -0.25) is 4.79 Å². The second kappa shape index (κ2) is 7.55. The van der Waals surface area contributed by atoms with Crippen LogP contribution in [0.2, 0.25) is 0 Å². The van der Waals surface area contributed by atoms with Gasteiger partial charge in [0.05, 0.1) is 19.5 Å². The van der Waals surface area contributed by atoms with Crippen LogP contribution in [0.15, 0.2) is 47.6 Å². The van der Waals surface area contributed by atoms with E-state index in [-0.39, 0.29) is 11.0 Å². The van der Waals surface area contributed by atoms with Gasteiger partial charge in [0.2, 0.25) is 5.16 Å². The van der Waals surface area contributed by atoms with Crippen molar-refractivity contribution in [3.63, 3.8) is 0 Å². The maximum atomic E-state index is 12.8. The van der Waals surface area contributed by atoms with Gasteiger partial charge >= 0.3 is 0 Å². The SMILES string of the molecule is COc1ccc(-c2nnc(S[C@@H]3CCc4ccccc4C3=O)n2N)cc1OC. The summed E-state index contributed by atoms with van der Waals surface area (Å²) in [6.07, 6.45) is 1.61. The molecular formula is C20H20N4O3S. The van der Waals surface area contributed by atoms with E-state index in [2.05, 4.69) is 10.2 Å². The molecule has 1 aromatic heterocycles. The third-order valence-corrected chi connectivity index (χ3v) is 6.03. The standard InChI is InChI=1S/C20H20N4O3S/c1-26-15-9-7-13(11-16(15)27-2)19-22-23-20(24(19)21)28-17-10-8-12-5-3-4-6-14(12)18(17)25/h3-7,9,11,17H,8,10,21H2,1-2H3/t17-/m1/s1. The molecule has 0 aliphatic heterocycles. The van der Waals surface area contributed by atoms with Gasteiger partial charge in [0.25, 0.3) is 0 Å². The van der Waals surface area contributed by atoms with Crippen molar-refractivity contribution in [2.75, 3.05) is 20.1 Å². The van der Waals surface area contributed by atoms with Crippen LogP contribution in [0.5, 0.6) is 11.5 Å². The second-order valence-electron chi connectivity index (χ2n) is 6.41. The lowest BCUT2D eigenvalue weighted by Crippen LogP contribution is -2.25. The van der Waals surface area contributed by atoms with Crippen LogP contribution in [0.25, 0.3) is 11.4 Å². The fraction of sp³-hybridized carbons (Fsp3) is 0.250. The molecule has 1 heterocycles. The molecule has 0 radical (unpaired) electrons. The van der Waals surface area contributed by atoms with E-state index in [0.29, 0.717) is 22.5 Å². The normalized spacial score (nSPS) is 15.9. The molecule has 0 fully saturated rings. The van der Waals surface area contributed by atoms with Crippen LogP contribution in [0.1, 0.15) is 22.3 Å². The fourth-order valence-electron chi connectivity index (χ4n) is 3.34. The number of nitrogens with zero attached hydrogens (tertiary/aromatic N) is 3. The lowest BCUT2D eigenvalue weighted by atomic mass is 9.90. The Morgan fingerprint density at radius 1 is 1.11 bits per heavy atom. The molecule has 3 aromatic rings. The Balaban J connectivity index is 1.59. The molecule has 7 nitrogen and oxygen atoms in total. The monoisotopic (exact) mass is 396 g/mol. The van der Waals surface area contributed by atoms with E-state index in [4.69, 9.17) is 15.3 Å². The predicted molar refractivity (Wildman–Crippen MR) is 107 cm³/mol. The number of fused-ring (bicyclic) bond motifs is 1. The van der Waals surface area contributed by atoms with Crippen molar-refractivity contribution >= 4 is 17.5 Å². The summed E-state index contributed by atoms with van der Waals surface area (Å²) in [4.78, 5) is 12.8. The molecule has 2 aromatic carbocycles. The van der Waals surface area contributed by atoms with E-state index in [9.17, 15) is 4.79 Å². The fourth-order valence-corrected chi connectivity index (χ4v) is 4.35. The molecule has 0 saturated heterocycles. The maximum Gasteiger partial charge on any atom is 0.210 e. The average molecular weight is 396 g/mol. The molecule has 1 aliphatic rings. The van der Waals surface area contributed by atoms with Gasteiger partial charge in [-0.05, 0) is 36.6 Å². The minimum Gasteiger partial charge on any atom is -0.493 e. The lowest BCUT2D eigenvalue weighted by Gasteiger charge is -2.22. The van der Waals surface area contributed by atoms with Crippen molar-refractivity contribution in [2.24, 2.45) is 0 Å². The highest BCUT2D eigenvalue weighted by atomic mass is 32.2. The molecule has 0 amide bonds. The van der Waals surface area contributed by atoms with Crippen LogP contribution < -0.4 is 15.3 Å². The van der Waals surface area contributed by atoms with E-state index < -0.39 is 0 Å². The smallest absolute Gasteiger partial charge is 0.210 e. The van der Waals surface area contributed by atoms with Crippen LogP contribution in [-0.2, 0) is 6.42 Å². The number of ether oxygens (including phenoxy) is 2. The van der Waals surface area contributed by atoms with Gasteiger partial charge in [-0.25, -0.2) is 4.68 Å². The van der Waals surface area contributed by atoms with Crippen LogP contribution >= 0.6 is 11.8 Å². The van der Waals surface area contributed by atoms with Gasteiger partial charge in [-0.2, -0.15) is 0 Å². The third-order valence-electron chi connectivity index (χ3n) is 4.81. The largest absolute Gasteiger partial charge is 0.493 e. The Morgan fingerprint density at radius 3 is 2.68 bits per heavy atom. The summed E-state index contributed by atoms with van der Waals surface area (Å²) in [6.45, 7) is 0. The van der Waals surface area contributed by atoms with Crippen molar-refractivity contribution in [2.45, 2.75) is 23.2 Å². The Labute approximate surface area is 166 Å². The molecule has 0 spiro atoms. The Morgan fingerprint density at radius 2 is 1.89 bits per heavy atom. The van der Waals surface area contributed by atoms with Gasteiger partial charge in [0, 0.05) is 11.1 Å². The number of methoxy groups -OCH3 is 2. The van der Waals surface area contributed by atoms with Crippen molar-refractivity contribution in [3.05, 3.63) is 53.6 Å². The number of aromatic nitrogens is 3. The minimum absolute atomic E-state index is 0.113. The molecule has 0 bridgehead atoms. The highest BCUT2D eigenvalue weighted by molar-refractivity contribution is 8.00. The Kier molecular flexibility index (Phi) is 4.95. The number of carbonyl (C=O) groups excluding carboxylic acids is 1. The summed E-state index contributed by atoms with van der Waals surface area (Å²) >= 11 is 1.35. The number of Topliss-reactive ketones (excluding diaryl/α,β-unsaturated/α-hetero) is 1. The number of rotatable bonds is 5. The molecule has 0 saturated carbocycles. The van der Waals surface area contributed by atoms with Crippen LogP contribution in [0, 0.1) is 0 Å². The molecule has 4 rings (SSSR count). The van der Waals surface area contributed by atoms with E-state index in [1.54, 1.807) is 26.4 Å². The number of aryl methyl sites for hydroxylation is 1. The van der Waals surface area contributed by atoms with Crippen molar-refractivity contribution < 1.29 is 14.3 Å². The molecule has 1 atom stereocenters. The van der Waals surface area contributed by atoms with Gasteiger partial charge in [0.15, 0.2) is 23.1 Å². The number of nitrogen functional groups attached to an aromatic ring is 1. The first kappa shape index (κ1) is 18.4. The number of ketones is 1. The molecule has 8 heteroatoms. The van der Waals surface area contributed by atoms with E-state index in [1.807, 2.05) is 30.3 Å². The molecular weight excluding hydrogens is 376 g/mol. The van der Waals surface area contributed by atoms with Gasteiger partial charge in [-0.15, -0.1) is 10.2 Å². The summed E-state index contributed by atoms with van der Waals surface area (Å²) in [5, 5.41) is 8.69. The van der Waals surface area contributed by atoms with Crippen molar-refractivity contribution in [3.8, 4) is 22.9 Å². The van der Waals surface area contributed by atoms with E-state index in [1.165, 1.54) is 16.4 Å². The molecule has 0 unspecified atom stereocenters. The average Bonchev–Trinajstić information content (AvgIpc) is 3.10. The van der Waals surface area contributed by atoms with Gasteiger partial charge in [0.1, 0.15) is 0 Å². The summed E-state index contributed by atoms with van der Waals surface area (Å²) in [7, 11) is 3.15. The van der Waals surface area contributed by atoms with Crippen LogP contribution in [0.3, 0.4) is 0 Å². The molecule has 1 aliphatic carbocycles. The number of nitrogens with two attached hydrogens (primary N) is 1. The van der Waals surface area contributed by atoms with E-state index >= 15 is 0 Å². The Hall–Kier alpha value is -3.00. The summed E-state index contributed by atoms with van der Waals surface area (Å²) in [5.74, 6) is 8.05.